The second kappa shape index (κ2) is 4.43. The summed E-state index contributed by atoms with van der Waals surface area (Å²) < 4.78 is 0. The third-order valence-electron chi connectivity index (χ3n) is 3.59. The van der Waals surface area contributed by atoms with Gasteiger partial charge in [-0.1, -0.05) is 30.3 Å². The molecule has 0 aliphatic heterocycles. The van der Waals surface area contributed by atoms with Crippen molar-refractivity contribution in [3.05, 3.63) is 65.7 Å². The Morgan fingerprint density at radius 1 is 1.00 bits per heavy atom. The molecule has 0 amide bonds. The molecule has 96 valence electrons. The van der Waals surface area contributed by atoms with E-state index in [1.54, 1.807) is 12.1 Å². The van der Waals surface area contributed by atoms with Crippen molar-refractivity contribution in [2.24, 2.45) is 0 Å². The number of anilines is 1. The summed E-state index contributed by atoms with van der Waals surface area (Å²) in [6.07, 6.45) is 2.22. The Morgan fingerprint density at radius 3 is 2.16 bits per heavy atom. The van der Waals surface area contributed by atoms with Crippen LogP contribution in [0.25, 0.3) is 0 Å². The van der Waals surface area contributed by atoms with Crippen LogP contribution in [0.1, 0.15) is 28.8 Å². The summed E-state index contributed by atoms with van der Waals surface area (Å²) in [5, 5.41) is 12.4. The summed E-state index contributed by atoms with van der Waals surface area (Å²) in [6, 6.07) is 17.3. The maximum atomic E-state index is 10.8. The van der Waals surface area contributed by atoms with E-state index in [0.29, 0.717) is 5.56 Å². The summed E-state index contributed by atoms with van der Waals surface area (Å²) in [7, 11) is 0. The molecule has 0 atom stereocenters. The minimum atomic E-state index is -0.893. The zero-order chi connectivity index (χ0) is 13.3. The molecular formula is C16H15NO2. The molecule has 0 aromatic heterocycles. The summed E-state index contributed by atoms with van der Waals surface area (Å²) in [5.74, 6) is -0.893. The molecule has 0 bridgehead atoms. The van der Waals surface area contributed by atoms with Gasteiger partial charge in [0.15, 0.2) is 0 Å². The molecule has 3 heteroatoms. The Balaban J connectivity index is 1.80. The van der Waals surface area contributed by atoms with E-state index in [-0.39, 0.29) is 5.54 Å². The van der Waals surface area contributed by atoms with Gasteiger partial charge in [-0.2, -0.15) is 0 Å². The zero-order valence-corrected chi connectivity index (χ0v) is 10.5. The van der Waals surface area contributed by atoms with Gasteiger partial charge in [-0.3, -0.25) is 0 Å². The second-order valence-electron chi connectivity index (χ2n) is 4.96. The first-order valence-electron chi connectivity index (χ1n) is 6.37. The number of carboxylic acids is 1. The number of nitrogens with one attached hydrogen (secondary N) is 1. The molecule has 1 fully saturated rings. The van der Waals surface area contributed by atoms with E-state index in [1.807, 2.05) is 30.3 Å². The highest BCUT2D eigenvalue weighted by Crippen LogP contribution is 2.48. The molecule has 19 heavy (non-hydrogen) atoms. The van der Waals surface area contributed by atoms with Gasteiger partial charge in [0.2, 0.25) is 0 Å². The fourth-order valence-electron chi connectivity index (χ4n) is 2.34. The van der Waals surface area contributed by atoms with Crippen molar-refractivity contribution in [2.75, 3.05) is 5.32 Å². The SMILES string of the molecule is O=C(O)c1ccc(NC2(c3ccccc3)CC2)cc1. The zero-order valence-electron chi connectivity index (χ0n) is 10.5. The van der Waals surface area contributed by atoms with Crippen molar-refractivity contribution in [1.82, 2.24) is 0 Å². The van der Waals surface area contributed by atoms with Gasteiger partial charge in [-0.15, -0.1) is 0 Å². The van der Waals surface area contributed by atoms with E-state index in [1.165, 1.54) is 5.56 Å². The Labute approximate surface area is 111 Å². The Kier molecular flexibility index (Phi) is 2.75. The molecule has 2 aromatic carbocycles. The van der Waals surface area contributed by atoms with Crippen LogP contribution in [0, 0.1) is 0 Å². The first kappa shape index (κ1) is 11.8. The van der Waals surface area contributed by atoms with E-state index in [0.717, 1.165) is 18.5 Å². The van der Waals surface area contributed by atoms with Gasteiger partial charge in [-0.05, 0) is 42.7 Å². The lowest BCUT2D eigenvalue weighted by molar-refractivity contribution is 0.0697. The maximum absolute atomic E-state index is 10.8. The molecule has 1 aliphatic carbocycles. The lowest BCUT2D eigenvalue weighted by Gasteiger charge is -2.19. The fraction of sp³-hybridized carbons (Fsp3) is 0.188. The molecular weight excluding hydrogens is 238 g/mol. The Hall–Kier alpha value is -2.29. The Morgan fingerprint density at radius 2 is 1.63 bits per heavy atom. The molecule has 2 aromatic rings. The van der Waals surface area contributed by atoms with Crippen LogP contribution in [0.4, 0.5) is 5.69 Å². The number of hydrogen-bond donors (Lipinski definition) is 2. The van der Waals surface area contributed by atoms with Crippen LogP contribution in [0.3, 0.4) is 0 Å². The van der Waals surface area contributed by atoms with Crippen LogP contribution >= 0.6 is 0 Å². The predicted molar refractivity (Wildman–Crippen MR) is 74.4 cm³/mol. The first-order chi connectivity index (χ1) is 9.20. The minimum absolute atomic E-state index is 0.0337. The van der Waals surface area contributed by atoms with Crippen LogP contribution in [0.5, 0.6) is 0 Å². The number of rotatable bonds is 4. The minimum Gasteiger partial charge on any atom is -0.478 e. The molecule has 0 heterocycles. The molecule has 3 rings (SSSR count). The molecule has 0 radical (unpaired) electrons. The summed E-state index contributed by atoms with van der Waals surface area (Å²) in [5.41, 5.74) is 2.60. The smallest absolute Gasteiger partial charge is 0.335 e. The van der Waals surface area contributed by atoms with Gasteiger partial charge in [-0.25, -0.2) is 4.79 Å². The quantitative estimate of drug-likeness (QED) is 0.877. The van der Waals surface area contributed by atoms with E-state index >= 15 is 0 Å². The van der Waals surface area contributed by atoms with Crippen molar-refractivity contribution < 1.29 is 9.90 Å². The molecule has 3 nitrogen and oxygen atoms in total. The van der Waals surface area contributed by atoms with Gasteiger partial charge in [0.05, 0.1) is 11.1 Å². The topological polar surface area (TPSA) is 49.3 Å². The molecule has 0 saturated heterocycles. The van der Waals surface area contributed by atoms with Crippen molar-refractivity contribution >= 4 is 11.7 Å². The van der Waals surface area contributed by atoms with Gasteiger partial charge in [0.25, 0.3) is 0 Å². The predicted octanol–water partition coefficient (Wildman–Crippen LogP) is 3.49. The molecule has 0 spiro atoms. The average molecular weight is 253 g/mol. The highest BCUT2D eigenvalue weighted by atomic mass is 16.4. The van der Waals surface area contributed by atoms with E-state index in [4.69, 9.17) is 5.11 Å². The number of carbonyl (C=O) groups is 1. The lowest BCUT2D eigenvalue weighted by Crippen LogP contribution is -2.18. The number of carboxylic acid groups (broad SMARTS) is 1. The van der Waals surface area contributed by atoms with Crippen LogP contribution in [0.15, 0.2) is 54.6 Å². The van der Waals surface area contributed by atoms with Gasteiger partial charge in [0.1, 0.15) is 0 Å². The van der Waals surface area contributed by atoms with Crippen LogP contribution in [0.2, 0.25) is 0 Å². The lowest BCUT2D eigenvalue weighted by atomic mass is 10.0. The van der Waals surface area contributed by atoms with Gasteiger partial charge < -0.3 is 10.4 Å². The van der Waals surface area contributed by atoms with Gasteiger partial charge in [0, 0.05) is 5.69 Å². The number of benzene rings is 2. The fourth-order valence-corrected chi connectivity index (χ4v) is 2.34. The summed E-state index contributed by atoms with van der Waals surface area (Å²) >= 11 is 0. The molecule has 1 aliphatic rings. The van der Waals surface area contributed by atoms with Crippen LogP contribution in [-0.4, -0.2) is 11.1 Å². The highest BCUT2D eigenvalue weighted by Gasteiger charge is 2.44. The van der Waals surface area contributed by atoms with Gasteiger partial charge >= 0.3 is 5.97 Å². The molecule has 0 unspecified atom stereocenters. The van der Waals surface area contributed by atoms with Crippen molar-refractivity contribution in [1.29, 1.82) is 0 Å². The van der Waals surface area contributed by atoms with E-state index < -0.39 is 5.97 Å². The van der Waals surface area contributed by atoms with Crippen molar-refractivity contribution in [3.8, 4) is 0 Å². The third kappa shape index (κ3) is 2.32. The largest absolute Gasteiger partial charge is 0.478 e. The summed E-state index contributed by atoms with van der Waals surface area (Å²) in [4.78, 5) is 10.8. The summed E-state index contributed by atoms with van der Waals surface area (Å²) in [6.45, 7) is 0. The third-order valence-corrected chi connectivity index (χ3v) is 3.59. The van der Waals surface area contributed by atoms with E-state index in [2.05, 4.69) is 17.4 Å². The first-order valence-corrected chi connectivity index (χ1v) is 6.37. The standard InChI is InChI=1S/C16H15NO2/c18-15(19)12-6-8-14(9-7-12)17-16(10-11-16)13-4-2-1-3-5-13/h1-9,17H,10-11H2,(H,18,19). The second-order valence-corrected chi connectivity index (χ2v) is 4.96. The van der Waals surface area contributed by atoms with E-state index in [9.17, 15) is 4.79 Å². The monoisotopic (exact) mass is 253 g/mol. The molecule has 1 saturated carbocycles. The Bertz CT molecular complexity index is 586. The highest BCUT2D eigenvalue weighted by molar-refractivity contribution is 5.88. The number of aromatic carboxylic acids is 1. The van der Waals surface area contributed by atoms with Crippen LogP contribution in [-0.2, 0) is 5.54 Å². The maximum Gasteiger partial charge on any atom is 0.335 e. The van der Waals surface area contributed by atoms with Crippen LogP contribution < -0.4 is 5.32 Å². The normalized spacial score (nSPS) is 15.8. The number of hydrogen-bond acceptors (Lipinski definition) is 2. The average Bonchev–Trinajstić information content (AvgIpc) is 3.21. The van der Waals surface area contributed by atoms with Crippen molar-refractivity contribution in [3.63, 3.8) is 0 Å². The van der Waals surface area contributed by atoms with Crippen molar-refractivity contribution in [2.45, 2.75) is 18.4 Å². The molecule has 2 N–H and O–H groups in total.